The van der Waals surface area contributed by atoms with Gasteiger partial charge in [0, 0.05) is 10.7 Å². The van der Waals surface area contributed by atoms with Gasteiger partial charge in [-0.15, -0.1) is 0 Å². The summed E-state index contributed by atoms with van der Waals surface area (Å²) in [7, 11) is 0. The van der Waals surface area contributed by atoms with Gasteiger partial charge in [-0.05, 0) is 66.3 Å². The van der Waals surface area contributed by atoms with Gasteiger partial charge < -0.3 is 14.8 Å². The van der Waals surface area contributed by atoms with E-state index in [0.717, 1.165) is 29.5 Å². The van der Waals surface area contributed by atoms with Crippen LogP contribution in [0.3, 0.4) is 0 Å². The van der Waals surface area contributed by atoms with E-state index in [1.54, 1.807) is 24.3 Å². The van der Waals surface area contributed by atoms with Crippen molar-refractivity contribution >= 4 is 46.9 Å². The lowest BCUT2D eigenvalue weighted by atomic mass is 10.0. The lowest BCUT2D eigenvalue weighted by molar-refractivity contribution is -0.136. The summed E-state index contributed by atoms with van der Waals surface area (Å²) >= 11 is 12.4. The molecule has 0 heterocycles. The van der Waals surface area contributed by atoms with Crippen LogP contribution in [0.5, 0.6) is 11.5 Å². The van der Waals surface area contributed by atoms with Gasteiger partial charge in [0.15, 0.2) is 11.5 Å². The van der Waals surface area contributed by atoms with Crippen LogP contribution in [0.4, 0.5) is 5.69 Å². The predicted molar refractivity (Wildman–Crippen MR) is 148 cm³/mol. The molecule has 0 aliphatic rings. The Morgan fingerprint density at radius 2 is 1.59 bits per heavy atom. The molecule has 3 aromatic rings. The van der Waals surface area contributed by atoms with E-state index in [4.69, 9.17) is 32.7 Å². The van der Waals surface area contributed by atoms with E-state index in [2.05, 4.69) is 15.8 Å². The van der Waals surface area contributed by atoms with Gasteiger partial charge in [-0.1, -0.05) is 67.4 Å². The fourth-order valence-corrected chi connectivity index (χ4v) is 3.99. The molecule has 0 aliphatic carbocycles. The molecular formula is C28H29Cl2N3O4. The van der Waals surface area contributed by atoms with Gasteiger partial charge in [0.2, 0.25) is 0 Å². The van der Waals surface area contributed by atoms with Crippen LogP contribution in [-0.2, 0) is 29.0 Å². The zero-order valence-corrected chi connectivity index (χ0v) is 22.4. The Morgan fingerprint density at radius 1 is 0.919 bits per heavy atom. The highest BCUT2D eigenvalue weighted by molar-refractivity contribution is 6.39. The van der Waals surface area contributed by atoms with Crippen LogP contribution in [0.2, 0.25) is 10.0 Å². The Morgan fingerprint density at radius 3 is 2.22 bits per heavy atom. The van der Waals surface area contributed by atoms with Gasteiger partial charge in [-0.25, -0.2) is 5.43 Å². The second-order valence-electron chi connectivity index (χ2n) is 7.99. The predicted octanol–water partition coefficient (Wildman–Crippen LogP) is 6.18. The largest absolute Gasteiger partial charge is 0.490 e. The standard InChI is InChI=1S/C28H29Cl2N3O4/c1-4-20-8-7-9-21(5-2)25(20)32-27(34)28(35)33-31-16-19-14-23(30)26(24(15-19)36-6-3)37-17-18-10-12-22(29)13-11-18/h7-16H,4-6,17H2,1-3H3,(H,32,34)(H,33,35)/b31-16-. The van der Waals surface area contributed by atoms with E-state index >= 15 is 0 Å². The number of carbonyl (C=O) groups excluding carboxylic acids is 2. The van der Waals surface area contributed by atoms with Gasteiger partial charge >= 0.3 is 11.8 Å². The molecule has 0 bridgehead atoms. The number of hydrazone groups is 1. The van der Waals surface area contributed by atoms with E-state index in [1.165, 1.54) is 6.21 Å². The number of nitrogens with zero attached hydrogens (tertiary/aromatic N) is 1. The summed E-state index contributed by atoms with van der Waals surface area (Å²) < 4.78 is 11.6. The number of hydrogen-bond donors (Lipinski definition) is 2. The van der Waals surface area contributed by atoms with Crippen LogP contribution in [0.25, 0.3) is 0 Å². The van der Waals surface area contributed by atoms with E-state index < -0.39 is 11.8 Å². The van der Waals surface area contributed by atoms with E-state index in [1.807, 2.05) is 51.1 Å². The molecular weight excluding hydrogens is 513 g/mol. The number of benzene rings is 3. The summed E-state index contributed by atoms with van der Waals surface area (Å²) in [5, 5.41) is 7.58. The minimum Gasteiger partial charge on any atom is -0.490 e. The second kappa shape index (κ2) is 13.7. The minimum absolute atomic E-state index is 0.274. The molecule has 2 amide bonds. The highest BCUT2D eigenvalue weighted by atomic mass is 35.5. The third-order valence-electron chi connectivity index (χ3n) is 5.45. The number of rotatable bonds is 10. The number of hydrogen-bond acceptors (Lipinski definition) is 5. The van der Waals surface area contributed by atoms with E-state index in [-0.39, 0.29) is 6.61 Å². The van der Waals surface area contributed by atoms with Crippen molar-refractivity contribution in [3.8, 4) is 11.5 Å². The molecule has 0 saturated heterocycles. The number of anilines is 1. The molecule has 0 saturated carbocycles. The monoisotopic (exact) mass is 541 g/mol. The number of aryl methyl sites for hydroxylation is 2. The van der Waals surface area contributed by atoms with Crippen LogP contribution >= 0.6 is 23.2 Å². The van der Waals surface area contributed by atoms with Crippen molar-refractivity contribution in [1.82, 2.24) is 5.43 Å². The lowest BCUT2D eigenvalue weighted by Gasteiger charge is -2.14. The Bertz CT molecular complexity index is 1250. The average Bonchev–Trinajstić information content (AvgIpc) is 2.89. The summed E-state index contributed by atoms with van der Waals surface area (Å²) in [4.78, 5) is 24.8. The summed E-state index contributed by atoms with van der Waals surface area (Å²) in [6.45, 7) is 6.49. The van der Waals surface area contributed by atoms with Crippen molar-refractivity contribution in [3.05, 3.63) is 86.9 Å². The Hall–Kier alpha value is -3.55. The average molecular weight is 542 g/mol. The van der Waals surface area contributed by atoms with Gasteiger partial charge in [-0.3, -0.25) is 9.59 Å². The molecule has 0 spiro atoms. The first-order chi connectivity index (χ1) is 17.9. The SMILES string of the molecule is CCOc1cc(/C=N\NC(=O)C(=O)Nc2c(CC)cccc2CC)cc(Cl)c1OCc1ccc(Cl)cc1. The van der Waals surface area contributed by atoms with Crippen molar-refractivity contribution in [3.63, 3.8) is 0 Å². The van der Waals surface area contributed by atoms with Gasteiger partial charge in [-0.2, -0.15) is 5.10 Å². The first-order valence-corrected chi connectivity index (χ1v) is 12.7. The van der Waals surface area contributed by atoms with Crippen LogP contribution < -0.4 is 20.2 Å². The van der Waals surface area contributed by atoms with Gasteiger partial charge in [0.1, 0.15) is 6.61 Å². The molecule has 0 atom stereocenters. The highest BCUT2D eigenvalue weighted by Gasteiger charge is 2.17. The third kappa shape index (κ3) is 7.71. The van der Waals surface area contributed by atoms with Crippen LogP contribution in [0, 0.1) is 0 Å². The maximum atomic E-state index is 12.5. The van der Waals surface area contributed by atoms with Crippen LogP contribution in [-0.4, -0.2) is 24.6 Å². The molecule has 0 fully saturated rings. The molecule has 3 rings (SSSR count). The summed E-state index contributed by atoms with van der Waals surface area (Å²) in [6, 6.07) is 16.4. The fraction of sp³-hybridized carbons (Fsp3) is 0.250. The molecule has 0 unspecified atom stereocenters. The van der Waals surface area contributed by atoms with Crippen molar-refractivity contribution in [1.29, 1.82) is 0 Å². The smallest absolute Gasteiger partial charge is 0.329 e. The van der Waals surface area contributed by atoms with Crippen LogP contribution in [0.1, 0.15) is 43.0 Å². The first kappa shape index (κ1) is 28.0. The molecule has 0 radical (unpaired) electrons. The molecule has 2 N–H and O–H groups in total. The van der Waals surface area contributed by atoms with Crippen LogP contribution in [0.15, 0.2) is 59.7 Å². The van der Waals surface area contributed by atoms with Crippen molar-refractivity contribution in [2.45, 2.75) is 40.2 Å². The molecule has 3 aromatic carbocycles. The summed E-state index contributed by atoms with van der Waals surface area (Å²) in [6.07, 6.45) is 2.83. The minimum atomic E-state index is -0.886. The zero-order valence-electron chi connectivity index (χ0n) is 20.9. The quantitative estimate of drug-likeness (QED) is 0.182. The lowest BCUT2D eigenvalue weighted by Crippen LogP contribution is -2.33. The molecule has 194 valence electrons. The Balaban J connectivity index is 1.67. The van der Waals surface area contributed by atoms with Crippen molar-refractivity contribution in [2.75, 3.05) is 11.9 Å². The zero-order chi connectivity index (χ0) is 26.8. The molecule has 7 nitrogen and oxygen atoms in total. The number of amides is 2. The Kier molecular flexibility index (Phi) is 10.4. The molecule has 9 heteroatoms. The molecule has 0 aromatic heterocycles. The summed E-state index contributed by atoms with van der Waals surface area (Å²) in [5.74, 6) is -0.868. The van der Waals surface area contributed by atoms with E-state index in [9.17, 15) is 9.59 Å². The van der Waals surface area contributed by atoms with Gasteiger partial charge in [0.05, 0.1) is 17.8 Å². The normalized spacial score (nSPS) is 10.8. The van der Waals surface area contributed by atoms with Gasteiger partial charge in [0.25, 0.3) is 0 Å². The number of halogens is 2. The number of carbonyl (C=O) groups is 2. The number of ether oxygens (including phenoxy) is 2. The van der Waals surface area contributed by atoms with Crippen molar-refractivity contribution < 1.29 is 19.1 Å². The number of para-hydroxylation sites is 1. The maximum Gasteiger partial charge on any atom is 0.329 e. The summed E-state index contributed by atoms with van der Waals surface area (Å²) in [5.41, 5.74) is 6.31. The van der Waals surface area contributed by atoms with Crippen molar-refractivity contribution in [2.24, 2.45) is 5.10 Å². The Labute approximate surface area is 226 Å². The first-order valence-electron chi connectivity index (χ1n) is 11.9. The maximum absolute atomic E-state index is 12.5. The third-order valence-corrected chi connectivity index (χ3v) is 5.98. The second-order valence-corrected chi connectivity index (χ2v) is 8.83. The fourth-order valence-electron chi connectivity index (χ4n) is 3.59. The highest BCUT2D eigenvalue weighted by Crippen LogP contribution is 2.37. The number of nitrogens with one attached hydrogen (secondary N) is 2. The van der Waals surface area contributed by atoms with E-state index in [0.29, 0.717) is 39.4 Å². The molecule has 0 aliphatic heterocycles. The topological polar surface area (TPSA) is 89.0 Å². The molecule has 37 heavy (non-hydrogen) atoms.